The number of likely N-dealkylation sites (N-methyl/N-ethyl adjacent to an activating group) is 1. The standard InChI is InChI=1S/C20H32N4O/c1-4-5-14-21-19(22-15-18(25)24(2)3)23-16-20(12-9-13-20)17-10-7-6-8-11-17/h6-8,10-11H,4-5,9,12-16H2,1-3H3,(H2,21,22,23). The number of hydrogen-bond acceptors (Lipinski definition) is 2. The first kappa shape index (κ1) is 19.3. The number of aliphatic imine (C=N–C) groups is 1. The maximum atomic E-state index is 11.8. The number of carbonyl (C=O) groups is 1. The van der Waals surface area contributed by atoms with Gasteiger partial charge in [0, 0.05) is 32.6 Å². The van der Waals surface area contributed by atoms with Crippen LogP contribution in [-0.2, 0) is 10.2 Å². The third kappa shape index (κ3) is 5.48. The van der Waals surface area contributed by atoms with Gasteiger partial charge in [0.1, 0.15) is 6.54 Å². The van der Waals surface area contributed by atoms with Crippen LogP contribution in [0.4, 0.5) is 0 Å². The van der Waals surface area contributed by atoms with E-state index in [-0.39, 0.29) is 17.9 Å². The molecule has 0 atom stereocenters. The van der Waals surface area contributed by atoms with Gasteiger partial charge < -0.3 is 15.5 Å². The first-order chi connectivity index (χ1) is 12.1. The molecular weight excluding hydrogens is 312 g/mol. The largest absolute Gasteiger partial charge is 0.356 e. The number of unbranched alkanes of at least 4 members (excludes halogenated alkanes) is 1. The lowest BCUT2D eigenvalue weighted by Gasteiger charge is -2.43. The zero-order valence-corrected chi connectivity index (χ0v) is 15.8. The molecule has 1 aromatic carbocycles. The zero-order valence-electron chi connectivity index (χ0n) is 15.8. The van der Waals surface area contributed by atoms with Crippen LogP contribution >= 0.6 is 0 Å². The fraction of sp³-hybridized carbons (Fsp3) is 0.600. The molecule has 1 amide bonds. The third-order valence-electron chi connectivity index (χ3n) is 4.99. The van der Waals surface area contributed by atoms with E-state index in [1.54, 1.807) is 19.0 Å². The summed E-state index contributed by atoms with van der Waals surface area (Å²) >= 11 is 0. The quantitative estimate of drug-likeness (QED) is 0.433. The Hall–Kier alpha value is -2.04. The Morgan fingerprint density at radius 3 is 2.48 bits per heavy atom. The minimum Gasteiger partial charge on any atom is -0.356 e. The monoisotopic (exact) mass is 344 g/mol. The Morgan fingerprint density at radius 1 is 1.20 bits per heavy atom. The van der Waals surface area contributed by atoms with Crippen LogP contribution in [0, 0.1) is 0 Å². The Kier molecular flexibility index (Phi) is 7.29. The highest BCUT2D eigenvalue weighted by atomic mass is 16.2. The minimum atomic E-state index is 0.0120. The van der Waals surface area contributed by atoms with Gasteiger partial charge in [0.05, 0.1) is 0 Å². The number of amides is 1. The highest BCUT2D eigenvalue weighted by molar-refractivity contribution is 5.84. The van der Waals surface area contributed by atoms with Crippen molar-refractivity contribution in [2.45, 2.75) is 44.4 Å². The van der Waals surface area contributed by atoms with E-state index in [9.17, 15) is 4.79 Å². The number of nitrogens with zero attached hydrogens (tertiary/aromatic N) is 2. The molecule has 1 saturated carbocycles. The summed E-state index contributed by atoms with van der Waals surface area (Å²) in [5, 5.41) is 6.84. The van der Waals surface area contributed by atoms with Gasteiger partial charge in [-0.05, 0) is 24.8 Å². The first-order valence-corrected chi connectivity index (χ1v) is 9.35. The van der Waals surface area contributed by atoms with Crippen molar-refractivity contribution < 1.29 is 4.79 Å². The van der Waals surface area contributed by atoms with E-state index in [1.807, 2.05) is 0 Å². The topological polar surface area (TPSA) is 56.7 Å². The van der Waals surface area contributed by atoms with Gasteiger partial charge >= 0.3 is 0 Å². The molecule has 0 radical (unpaired) electrons. The zero-order chi connectivity index (χ0) is 18.1. The average Bonchev–Trinajstić information content (AvgIpc) is 2.58. The fourth-order valence-electron chi connectivity index (χ4n) is 3.06. The molecule has 0 aliphatic heterocycles. The lowest BCUT2D eigenvalue weighted by molar-refractivity contribution is -0.127. The molecule has 1 aliphatic rings. The normalized spacial score (nSPS) is 16.0. The van der Waals surface area contributed by atoms with E-state index in [1.165, 1.54) is 24.8 Å². The Morgan fingerprint density at radius 2 is 1.92 bits per heavy atom. The molecule has 0 aromatic heterocycles. The molecule has 5 nitrogen and oxygen atoms in total. The molecule has 1 aromatic rings. The van der Waals surface area contributed by atoms with Gasteiger partial charge in [0.2, 0.25) is 5.91 Å². The number of rotatable bonds is 8. The van der Waals surface area contributed by atoms with Crippen LogP contribution in [0.3, 0.4) is 0 Å². The summed E-state index contributed by atoms with van der Waals surface area (Å²) in [6.45, 7) is 4.06. The molecule has 0 spiro atoms. The summed E-state index contributed by atoms with van der Waals surface area (Å²) in [7, 11) is 3.52. The average molecular weight is 345 g/mol. The SMILES string of the molecule is CCCCNC(=NCC(=O)N(C)C)NCC1(c2ccccc2)CCC1. The van der Waals surface area contributed by atoms with E-state index in [2.05, 4.69) is 52.9 Å². The van der Waals surface area contributed by atoms with E-state index >= 15 is 0 Å². The maximum Gasteiger partial charge on any atom is 0.243 e. The Bertz CT molecular complexity index is 564. The molecular formula is C20H32N4O. The molecule has 0 unspecified atom stereocenters. The van der Waals surface area contributed by atoms with Gasteiger partial charge in [-0.1, -0.05) is 50.1 Å². The summed E-state index contributed by atoms with van der Waals surface area (Å²) in [6.07, 6.45) is 5.88. The van der Waals surface area contributed by atoms with Gasteiger partial charge in [-0.25, -0.2) is 4.99 Å². The highest BCUT2D eigenvalue weighted by Gasteiger charge is 2.38. The van der Waals surface area contributed by atoms with E-state index in [0.717, 1.165) is 31.9 Å². The van der Waals surface area contributed by atoms with Crippen molar-refractivity contribution >= 4 is 11.9 Å². The van der Waals surface area contributed by atoms with E-state index < -0.39 is 0 Å². The summed E-state index contributed by atoms with van der Waals surface area (Å²) < 4.78 is 0. The maximum absolute atomic E-state index is 11.8. The van der Waals surface area contributed by atoms with Crippen LogP contribution in [0.1, 0.15) is 44.6 Å². The Labute approximate surface area is 151 Å². The predicted octanol–water partition coefficient (Wildman–Crippen LogP) is 2.53. The van der Waals surface area contributed by atoms with Gasteiger partial charge in [-0.3, -0.25) is 4.79 Å². The summed E-state index contributed by atoms with van der Waals surface area (Å²) in [5.41, 5.74) is 1.59. The molecule has 25 heavy (non-hydrogen) atoms. The molecule has 138 valence electrons. The number of hydrogen-bond donors (Lipinski definition) is 2. The van der Waals surface area contributed by atoms with Crippen LogP contribution < -0.4 is 10.6 Å². The van der Waals surface area contributed by atoms with E-state index in [4.69, 9.17) is 0 Å². The molecule has 2 N–H and O–H groups in total. The molecule has 0 saturated heterocycles. The molecule has 5 heteroatoms. The Balaban J connectivity index is 2.00. The summed E-state index contributed by atoms with van der Waals surface area (Å²) in [4.78, 5) is 17.9. The fourth-order valence-corrected chi connectivity index (χ4v) is 3.06. The number of nitrogens with one attached hydrogen (secondary N) is 2. The van der Waals surface area contributed by atoms with Crippen LogP contribution in [0.2, 0.25) is 0 Å². The van der Waals surface area contributed by atoms with Crippen molar-refractivity contribution in [1.29, 1.82) is 0 Å². The first-order valence-electron chi connectivity index (χ1n) is 9.35. The molecule has 1 aliphatic carbocycles. The second-order valence-electron chi connectivity index (χ2n) is 7.09. The minimum absolute atomic E-state index is 0.0120. The van der Waals surface area contributed by atoms with Crippen molar-refractivity contribution in [1.82, 2.24) is 15.5 Å². The van der Waals surface area contributed by atoms with E-state index in [0.29, 0.717) is 0 Å². The van der Waals surface area contributed by atoms with Gasteiger partial charge in [-0.15, -0.1) is 0 Å². The summed E-state index contributed by atoms with van der Waals surface area (Å²) in [6, 6.07) is 10.7. The van der Waals surface area contributed by atoms with Crippen LogP contribution in [0.15, 0.2) is 35.3 Å². The third-order valence-corrected chi connectivity index (χ3v) is 4.99. The van der Waals surface area contributed by atoms with Crippen molar-refractivity contribution in [2.75, 3.05) is 33.7 Å². The van der Waals surface area contributed by atoms with Crippen molar-refractivity contribution in [3.05, 3.63) is 35.9 Å². The van der Waals surface area contributed by atoms with Crippen LogP contribution in [0.25, 0.3) is 0 Å². The lowest BCUT2D eigenvalue weighted by atomic mass is 9.64. The number of carbonyl (C=O) groups excluding carboxylic acids is 1. The van der Waals surface area contributed by atoms with Crippen LogP contribution in [0.5, 0.6) is 0 Å². The van der Waals surface area contributed by atoms with Gasteiger partial charge in [-0.2, -0.15) is 0 Å². The molecule has 0 heterocycles. The molecule has 2 rings (SSSR count). The highest BCUT2D eigenvalue weighted by Crippen LogP contribution is 2.43. The predicted molar refractivity (Wildman–Crippen MR) is 104 cm³/mol. The summed E-state index contributed by atoms with van der Waals surface area (Å²) in [5.74, 6) is 0.754. The van der Waals surface area contributed by atoms with Crippen molar-refractivity contribution in [3.8, 4) is 0 Å². The smallest absolute Gasteiger partial charge is 0.243 e. The number of benzene rings is 1. The lowest BCUT2D eigenvalue weighted by Crippen LogP contribution is -2.49. The molecule has 0 bridgehead atoms. The number of guanidine groups is 1. The van der Waals surface area contributed by atoms with Crippen molar-refractivity contribution in [3.63, 3.8) is 0 Å². The van der Waals surface area contributed by atoms with Crippen LogP contribution in [-0.4, -0.2) is 50.5 Å². The van der Waals surface area contributed by atoms with Crippen molar-refractivity contribution in [2.24, 2.45) is 4.99 Å². The second-order valence-corrected chi connectivity index (χ2v) is 7.09. The molecule has 1 fully saturated rings. The van der Waals surface area contributed by atoms with Gasteiger partial charge in [0.25, 0.3) is 0 Å². The second kappa shape index (κ2) is 9.44. The van der Waals surface area contributed by atoms with Gasteiger partial charge in [0.15, 0.2) is 5.96 Å².